The summed E-state index contributed by atoms with van der Waals surface area (Å²) >= 11 is 0. The van der Waals surface area contributed by atoms with Gasteiger partial charge in [0.1, 0.15) is 12.2 Å². The van der Waals surface area contributed by atoms with Gasteiger partial charge in [-0.1, -0.05) is 176 Å². The number of hydrogen-bond acceptors (Lipinski definition) is 8. The normalized spacial score (nSPS) is 14.6. The summed E-state index contributed by atoms with van der Waals surface area (Å²) in [6.07, 6.45) is 58.2. The van der Waals surface area contributed by atoms with E-state index in [1.54, 1.807) is 0 Å². The second-order valence-corrected chi connectivity index (χ2v) is 17.2. The number of phosphoric acid groups is 1. The predicted octanol–water partition coefficient (Wildman–Crippen LogP) is 13.9. The summed E-state index contributed by atoms with van der Waals surface area (Å²) in [4.78, 5) is 22.7. The summed E-state index contributed by atoms with van der Waals surface area (Å²) in [5, 5.41) is 18.4. The molecule has 3 unspecified atom stereocenters. The van der Waals surface area contributed by atoms with Crippen LogP contribution in [-0.4, -0.2) is 66.3 Å². The van der Waals surface area contributed by atoms with Crippen LogP contribution in [0.3, 0.4) is 0 Å². The molecule has 3 N–H and O–H groups in total. The molecule has 0 aliphatic rings. The monoisotopic (exact) mass is 877 g/mol. The van der Waals surface area contributed by atoms with Crippen LogP contribution in [0.5, 0.6) is 0 Å². The number of allylic oxidation sites excluding steroid dienone is 14. The quantitative estimate of drug-likeness (QED) is 0.0237. The summed E-state index contributed by atoms with van der Waals surface area (Å²) in [6, 6.07) is 0. The summed E-state index contributed by atoms with van der Waals surface area (Å²) in [6.45, 7) is 3.34. The Bertz CT molecular complexity index is 1220. The van der Waals surface area contributed by atoms with Gasteiger partial charge in [-0.25, -0.2) is 4.57 Å². The van der Waals surface area contributed by atoms with Crippen LogP contribution < -0.4 is 0 Å². The summed E-state index contributed by atoms with van der Waals surface area (Å²) in [5.41, 5.74) is 0. The third-order valence-electron chi connectivity index (χ3n) is 9.81. The van der Waals surface area contributed by atoms with Crippen molar-refractivity contribution in [1.29, 1.82) is 0 Å². The number of hydrogen-bond donors (Lipinski definition) is 3. The van der Waals surface area contributed by atoms with Gasteiger partial charge in [0.05, 0.1) is 26.4 Å². The first-order valence-corrected chi connectivity index (χ1v) is 25.6. The fraction of sp³-hybridized carbons (Fsp3) is 0.706. The average molecular weight is 877 g/mol. The van der Waals surface area contributed by atoms with Crippen LogP contribution in [0.4, 0.5) is 0 Å². The molecule has 0 saturated carbocycles. The largest absolute Gasteiger partial charge is 0.472 e. The topological polar surface area (TPSA) is 132 Å². The van der Waals surface area contributed by atoms with E-state index in [0.717, 1.165) is 89.9 Å². The Morgan fingerprint density at radius 3 is 1.41 bits per heavy atom. The fourth-order valence-corrected chi connectivity index (χ4v) is 6.97. The minimum atomic E-state index is -4.53. The fourth-order valence-electron chi connectivity index (χ4n) is 6.18. The Kier molecular flexibility index (Phi) is 45.3. The number of phosphoric ester groups is 1. The van der Waals surface area contributed by atoms with E-state index in [-0.39, 0.29) is 13.0 Å². The van der Waals surface area contributed by atoms with Crippen LogP contribution in [0.25, 0.3) is 0 Å². The van der Waals surface area contributed by atoms with Crippen LogP contribution in [0.2, 0.25) is 0 Å². The zero-order chi connectivity index (χ0) is 44.6. The molecule has 0 aliphatic carbocycles. The first-order valence-electron chi connectivity index (χ1n) is 24.1. The number of aliphatic hydroxyl groups is 2. The highest BCUT2D eigenvalue weighted by Crippen LogP contribution is 2.43. The standard InChI is InChI=1S/C51H89O9P/c1-3-5-7-9-11-13-15-17-19-21-22-23-24-25-26-27-29-31-33-35-37-39-41-43-51(54)60-50(48-59-61(55,56)58-46-49(53)45-52)47-57-44-42-40-38-36-34-32-30-28-20-18-16-14-12-10-8-6-4-2/h5,7,11,13-14,16-17,19-20,22-23,25-26,28,49-50,52-53H,3-4,6,8-10,12,15,18,21,24,27,29-48H2,1-2H3,(H,55,56)/b7-5-,13-11-,16-14-,19-17-,23-22-,26-25-,28-20-. The maximum absolute atomic E-state index is 12.7. The van der Waals surface area contributed by atoms with Crippen molar-refractivity contribution >= 4 is 13.8 Å². The smallest absolute Gasteiger partial charge is 0.457 e. The number of unbranched alkanes of at least 4 members (excludes halogenated alkanes) is 17. The molecule has 0 aromatic heterocycles. The lowest BCUT2D eigenvalue weighted by Gasteiger charge is -2.20. The predicted molar refractivity (Wildman–Crippen MR) is 256 cm³/mol. The average Bonchev–Trinajstić information content (AvgIpc) is 3.25. The van der Waals surface area contributed by atoms with Gasteiger partial charge in [-0.15, -0.1) is 0 Å². The second-order valence-electron chi connectivity index (χ2n) is 15.7. The molecule has 0 amide bonds. The molecule has 0 rings (SSSR count). The van der Waals surface area contributed by atoms with Crippen LogP contribution in [0.15, 0.2) is 85.1 Å². The molecule has 0 spiro atoms. The van der Waals surface area contributed by atoms with E-state index >= 15 is 0 Å². The zero-order valence-electron chi connectivity index (χ0n) is 38.6. The minimum Gasteiger partial charge on any atom is -0.457 e. The Labute approximate surface area is 373 Å². The Morgan fingerprint density at radius 1 is 0.525 bits per heavy atom. The molecule has 61 heavy (non-hydrogen) atoms. The highest BCUT2D eigenvalue weighted by Gasteiger charge is 2.26. The van der Waals surface area contributed by atoms with Gasteiger partial charge in [0, 0.05) is 13.0 Å². The third kappa shape index (κ3) is 47.0. The van der Waals surface area contributed by atoms with Crippen molar-refractivity contribution in [2.24, 2.45) is 0 Å². The van der Waals surface area contributed by atoms with E-state index in [1.807, 2.05) is 0 Å². The highest BCUT2D eigenvalue weighted by molar-refractivity contribution is 7.47. The number of esters is 1. The van der Waals surface area contributed by atoms with Gasteiger partial charge < -0.3 is 24.6 Å². The molecule has 0 aromatic rings. The van der Waals surface area contributed by atoms with Gasteiger partial charge in [-0.3, -0.25) is 13.8 Å². The van der Waals surface area contributed by atoms with Crippen molar-refractivity contribution in [3.8, 4) is 0 Å². The van der Waals surface area contributed by atoms with Crippen LogP contribution in [0, 0.1) is 0 Å². The molecule has 0 fully saturated rings. The third-order valence-corrected chi connectivity index (χ3v) is 10.8. The number of carbonyl (C=O) groups is 1. The molecule has 9 nitrogen and oxygen atoms in total. The van der Waals surface area contributed by atoms with Crippen molar-refractivity contribution in [1.82, 2.24) is 0 Å². The molecule has 352 valence electrons. The van der Waals surface area contributed by atoms with Gasteiger partial charge in [-0.2, -0.15) is 0 Å². The molecule has 10 heteroatoms. The Balaban J connectivity index is 4.18. The number of aliphatic hydroxyl groups excluding tert-OH is 2. The maximum Gasteiger partial charge on any atom is 0.472 e. The molecule has 0 bridgehead atoms. The number of carbonyl (C=O) groups excluding carboxylic acids is 1. The number of rotatable bonds is 45. The molecule has 0 heterocycles. The van der Waals surface area contributed by atoms with E-state index in [1.165, 1.54) is 70.6 Å². The van der Waals surface area contributed by atoms with Gasteiger partial charge in [-0.05, 0) is 89.9 Å². The summed E-state index contributed by atoms with van der Waals surface area (Å²) < 4.78 is 33.4. The van der Waals surface area contributed by atoms with Gasteiger partial charge >= 0.3 is 13.8 Å². The molecule has 0 aliphatic heterocycles. The molecule has 0 saturated heterocycles. The van der Waals surface area contributed by atoms with Crippen LogP contribution in [0.1, 0.15) is 187 Å². The lowest BCUT2D eigenvalue weighted by atomic mass is 10.1. The summed E-state index contributed by atoms with van der Waals surface area (Å²) in [5.74, 6) is -0.400. The van der Waals surface area contributed by atoms with Crippen molar-refractivity contribution in [2.75, 3.05) is 33.0 Å². The molecular weight excluding hydrogens is 788 g/mol. The first-order chi connectivity index (χ1) is 29.8. The van der Waals surface area contributed by atoms with Gasteiger partial charge in [0.15, 0.2) is 0 Å². The second kappa shape index (κ2) is 47.1. The maximum atomic E-state index is 12.7. The molecule has 0 radical (unpaired) electrons. The molecular formula is C51H89O9P. The van der Waals surface area contributed by atoms with E-state index in [9.17, 15) is 19.4 Å². The number of ether oxygens (including phenoxy) is 2. The van der Waals surface area contributed by atoms with Gasteiger partial charge in [0.25, 0.3) is 0 Å². The van der Waals surface area contributed by atoms with Crippen molar-refractivity contribution in [3.05, 3.63) is 85.1 Å². The van der Waals surface area contributed by atoms with E-state index in [0.29, 0.717) is 13.0 Å². The zero-order valence-corrected chi connectivity index (χ0v) is 39.5. The van der Waals surface area contributed by atoms with Crippen molar-refractivity contribution in [3.63, 3.8) is 0 Å². The Morgan fingerprint density at radius 2 is 0.934 bits per heavy atom. The van der Waals surface area contributed by atoms with Crippen molar-refractivity contribution in [2.45, 2.75) is 199 Å². The van der Waals surface area contributed by atoms with Crippen LogP contribution in [-0.2, 0) is 27.9 Å². The lowest BCUT2D eigenvalue weighted by molar-refractivity contribution is -0.154. The minimum absolute atomic E-state index is 0.0327. The summed E-state index contributed by atoms with van der Waals surface area (Å²) in [7, 11) is -4.53. The molecule has 3 atom stereocenters. The SMILES string of the molecule is CC/C=C\C/C=C\C/C=C\C/C=C\C/C=C\CCCCCCCCCC(=O)OC(COCCCCCCCC/C=C\C/C=C\CCCCCC)COP(=O)(O)OCC(O)CO. The molecule has 0 aromatic carbocycles. The van der Waals surface area contributed by atoms with Crippen molar-refractivity contribution < 1.29 is 43.0 Å². The Hall–Kier alpha value is -2.36. The lowest BCUT2D eigenvalue weighted by Crippen LogP contribution is -2.29. The van der Waals surface area contributed by atoms with Gasteiger partial charge in [0.2, 0.25) is 0 Å². The van der Waals surface area contributed by atoms with E-state index in [4.69, 9.17) is 23.6 Å². The van der Waals surface area contributed by atoms with E-state index in [2.05, 4.69) is 98.9 Å². The van der Waals surface area contributed by atoms with Crippen LogP contribution >= 0.6 is 7.82 Å². The highest BCUT2D eigenvalue weighted by atomic mass is 31.2. The first kappa shape index (κ1) is 58.6. The van der Waals surface area contributed by atoms with E-state index < -0.39 is 45.8 Å².